The maximum Gasteiger partial charge on any atom is 0.263 e. The van der Waals surface area contributed by atoms with Crippen LogP contribution in [0.3, 0.4) is 0 Å². The van der Waals surface area contributed by atoms with E-state index in [0.29, 0.717) is 18.2 Å². The van der Waals surface area contributed by atoms with E-state index in [-0.39, 0.29) is 12.5 Å². The lowest BCUT2D eigenvalue weighted by atomic mass is 10.1. The molecule has 0 saturated heterocycles. The molecule has 5 nitrogen and oxygen atoms in total. The molecule has 0 fully saturated rings. The van der Waals surface area contributed by atoms with Gasteiger partial charge in [0.1, 0.15) is 16.7 Å². The van der Waals surface area contributed by atoms with Crippen molar-refractivity contribution in [3.05, 3.63) is 23.1 Å². The first-order chi connectivity index (χ1) is 11.1. The van der Waals surface area contributed by atoms with Crippen molar-refractivity contribution in [3.8, 4) is 11.8 Å². The fraction of sp³-hybridized carbons (Fsp3) is 0.412. The number of carbonyl (C=O) groups excluding carboxylic acids is 1. The fourth-order valence-electron chi connectivity index (χ4n) is 2.86. The van der Waals surface area contributed by atoms with Gasteiger partial charge >= 0.3 is 0 Å². The van der Waals surface area contributed by atoms with Crippen LogP contribution in [0.2, 0.25) is 0 Å². The van der Waals surface area contributed by atoms with Crippen LogP contribution in [0.25, 0.3) is 10.1 Å². The molecule has 0 aliphatic carbocycles. The van der Waals surface area contributed by atoms with Gasteiger partial charge in [0.2, 0.25) is 0 Å². The molecule has 0 spiro atoms. The molecule has 0 saturated carbocycles. The zero-order valence-corrected chi connectivity index (χ0v) is 14.1. The number of nitrogens with zero attached hydrogens (tertiary/aromatic N) is 2. The highest BCUT2D eigenvalue weighted by atomic mass is 32.1. The summed E-state index contributed by atoms with van der Waals surface area (Å²) >= 11 is 1.51. The second kappa shape index (κ2) is 6.47. The van der Waals surface area contributed by atoms with Crippen LogP contribution >= 0.6 is 11.3 Å². The molecule has 0 bridgehead atoms. The fourth-order valence-corrected chi connectivity index (χ4v) is 3.98. The van der Waals surface area contributed by atoms with Crippen LogP contribution in [-0.2, 0) is 0 Å². The number of fused-ring (bicyclic) bond motifs is 3. The Morgan fingerprint density at radius 2 is 2.30 bits per heavy atom. The molecule has 23 heavy (non-hydrogen) atoms. The van der Waals surface area contributed by atoms with E-state index < -0.39 is 0 Å². The lowest BCUT2D eigenvalue weighted by molar-refractivity contribution is 0.0962. The van der Waals surface area contributed by atoms with E-state index in [1.807, 2.05) is 24.3 Å². The van der Waals surface area contributed by atoms with Crippen LogP contribution in [0.1, 0.15) is 23.5 Å². The summed E-state index contributed by atoms with van der Waals surface area (Å²) in [6.45, 7) is 6.72. The van der Waals surface area contributed by atoms with Gasteiger partial charge in [-0.15, -0.1) is 11.3 Å². The molecule has 2 aromatic rings. The molecule has 3 rings (SSSR count). The van der Waals surface area contributed by atoms with E-state index in [1.165, 1.54) is 11.3 Å². The Bertz CT molecular complexity index is 776. The third-order valence-electron chi connectivity index (χ3n) is 3.71. The van der Waals surface area contributed by atoms with Gasteiger partial charge in [-0.1, -0.05) is 13.8 Å². The van der Waals surface area contributed by atoms with E-state index in [4.69, 9.17) is 10.00 Å². The van der Waals surface area contributed by atoms with Gasteiger partial charge in [0.25, 0.3) is 5.91 Å². The third-order valence-corrected chi connectivity index (χ3v) is 4.87. The van der Waals surface area contributed by atoms with Crippen molar-refractivity contribution in [2.45, 2.75) is 13.8 Å². The lowest BCUT2D eigenvalue weighted by Crippen LogP contribution is -2.32. The van der Waals surface area contributed by atoms with Crippen molar-refractivity contribution in [3.63, 3.8) is 0 Å². The molecular weight excluding hydrogens is 310 g/mol. The van der Waals surface area contributed by atoms with Crippen LogP contribution in [0.5, 0.6) is 5.75 Å². The number of nitriles is 1. The molecule has 120 valence electrons. The summed E-state index contributed by atoms with van der Waals surface area (Å²) in [5, 5.41) is 12.7. The minimum atomic E-state index is -0.00745. The summed E-state index contributed by atoms with van der Waals surface area (Å²) in [6.07, 6.45) is 0. The molecule has 1 aromatic carbocycles. The predicted octanol–water partition coefficient (Wildman–Crippen LogP) is 3.01. The Morgan fingerprint density at radius 1 is 1.48 bits per heavy atom. The average Bonchev–Trinajstić information content (AvgIpc) is 2.83. The van der Waals surface area contributed by atoms with Crippen LogP contribution in [0, 0.1) is 17.2 Å². The molecular formula is C17H19N3O2S. The zero-order valence-electron chi connectivity index (χ0n) is 13.3. The monoisotopic (exact) mass is 329 g/mol. The largest absolute Gasteiger partial charge is 0.479 e. The maximum atomic E-state index is 12.4. The van der Waals surface area contributed by atoms with Crippen LogP contribution in [-0.4, -0.2) is 32.1 Å². The number of nitrogens with one attached hydrogen (secondary N) is 1. The zero-order chi connectivity index (χ0) is 16.4. The second-order valence-corrected chi connectivity index (χ2v) is 7.03. The van der Waals surface area contributed by atoms with Crippen molar-refractivity contribution >= 4 is 33.0 Å². The first-order valence-electron chi connectivity index (χ1n) is 7.69. The van der Waals surface area contributed by atoms with Crippen LogP contribution in [0.4, 0.5) is 5.69 Å². The molecule has 1 aromatic heterocycles. The third kappa shape index (κ3) is 3.10. The summed E-state index contributed by atoms with van der Waals surface area (Å²) < 4.78 is 6.48. The lowest BCUT2D eigenvalue weighted by Gasteiger charge is -2.25. The Balaban J connectivity index is 2.11. The summed E-state index contributed by atoms with van der Waals surface area (Å²) in [6, 6.07) is 7.72. The van der Waals surface area contributed by atoms with Crippen molar-refractivity contribution in [2.75, 3.05) is 31.1 Å². The Morgan fingerprint density at radius 3 is 3.04 bits per heavy atom. The number of ether oxygens (including phenoxy) is 1. The molecule has 0 radical (unpaired) electrons. The quantitative estimate of drug-likeness (QED) is 0.936. The number of rotatable bonds is 4. The minimum Gasteiger partial charge on any atom is -0.479 e. The molecule has 1 aliphatic heterocycles. The summed E-state index contributed by atoms with van der Waals surface area (Å²) in [5.74, 6) is 1.16. The summed E-state index contributed by atoms with van der Waals surface area (Å²) in [7, 11) is 0. The first-order valence-corrected chi connectivity index (χ1v) is 8.51. The van der Waals surface area contributed by atoms with E-state index in [0.717, 1.165) is 33.7 Å². The van der Waals surface area contributed by atoms with Crippen molar-refractivity contribution in [1.82, 2.24) is 5.32 Å². The number of amides is 1. The predicted molar refractivity (Wildman–Crippen MR) is 92.3 cm³/mol. The van der Waals surface area contributed by atoms with Gasteiger partial charge < -0.3 is 15.0 Å². The molecule has 1 amide bonds. The second-order valence-electron chi connectivity index (χ2n) is 5.98. The molecule has 2 heterocycles. The number of hydrogen-bond donors (Lipinski definition) is 1. The van der Waals surface area contributed by atoms with Crippen LogP contribution in [0.15, 0.2) is 18.2 Å². The molecule has 0 unspecified atom stereocenters. The van der Waals surface area contributed by atoms with E-state index in [1.54, 1.807) is 0 Å². The molecule has 0 atom stereocenters. The van der Waals surface area contributed by atoms with Gasteiger partial charge in [-0.25, -0.2) is 0 Å². The van der Waals surface area contributed by atoms with Gasteiger partial charge in [0.15, 0.2) is 6.61 Å². The number of carbonyl (C=O) groups is 1. The summed E-state index contributed by atoms with van der Waals surface area (Å²) in [4.78, 5) is 15.4. The smallest absolute Gasteiger partial charge is 0.263 e. The van der Waals surface area contributed by atoms with Gasteiger partial charge in [-0.3, -0.25) is 4.79 Å². The normalized spacial score (nSPS) is 14.3. The first kappa shape index (κ1) is 15.6. The van der Waals surface area contributed by atoms with Crippen molar-refractivity contribution in [1.29, 1.82) is 5.26 Å². The Labute approximate surface area is 139 Å². The Kier molecular flexibility index (Phi) is 4.39. The number of hydrogen-bond acceptors (Lipinski definition) is 5. The molecule has 1 N–H and O–H groups in total. The van der Waals surface area contributed by atoms with Gasteiger partial charge in [-0.2, -0.15) is 5.26 Å². The highest BCUT2D eigenvalue weighted by molar-refractivity contribution is 7.21. The highest BCUT2D eigenvalue weighted by Gasteiger charge is 2.26. The average molecular weight is 329 g/mol. The van der Waals surface area contributed by atoms with Gasteiger partial charge in [-0.05, 0) is 24.1 Å². The standard InChI is InChI=1S/C17H19N3O2S/c1-11(2)10-20-7-6-19-17(21)16-15(20)13-9-12(22-8-5-18)3-4-14(13)23-16/h3-4,9,11H,6-8,10H2,1-2H3,(H,19,21). The summed E-state index contributed by atoms with van der Waals surface area (Å²) in [5.41, 5.74) is 0.996. The van der Waals surface area contributed by atoms with Crippen molar-refractivity contribution in [2.24, 2.45) is 5.92 Å². The van der Waals surface area contributed by atoms with E-state index in [2.05, 4.69) is 24.1 Å². The SMILES string of the molecule is CC(C)CN1CCNC(=O)c2sc3ccc(OCC#N)cc3c21. The number of benzene rings is 1. The van der Waals surface area contributed by atoms with E-state index >= 15 is 0 Å². The van der Waals surface area contributed by atoms with Crippen LogP contribution < -0.4 is 15.0 Å². The molecule has 1 aliphatic rings. The number of thiophene rings is 1. The van der Waals surface area contributed by atoms with E-state index in [9.17, 15) is 4.79 Å². The number of anilines is 1. The Hall–Kier alpha value is -2.26. The topological polar surface area (TPSA) is 65.4 Å². The van der Waals surface area contributed by atoms with Gasteiger partial charge in [0, 0.05) is 29.7 Å². The maximum absolute atomic E-state index is 12.4. The minimum absolute atomic E-state index is 0.00745. The highest BCUT2D eigenvalue weighted by Crippen LogP contribution is 2.41. The molecule has 6 heteroatoms. The van der Waals surface area contributed by atoms with Crippen molar-refractivity contribution < 1.29 is 9.53 Å². The van der Waals surface area contributed by atoms with Gasteiger partial charge in [0.05, 0.1) is 5.69 Å².